The normalized spacial score (nSPS) is 13.5. The third kappa shape index (κ3) is 3.56. The molecular weight excluding hydrogens is 460 g/mol. The number of aryl methyl sites for hydroxylation is 1. The quantitative estimate of drug-likeness (QED) is 0.213. The van der Waals surface area contributed by atoms with E-state index in [-0.39, 0.29) is 16.9 Å². The molecule has 6 rings (SSSR count). The zero-order chi connectivity index (χ0) is 25.5. The number of nitrogens with zero attached hydrogens (tertiary/aromatic N) is 4. The highest BCUT2D eigenvalue weighted by atomic mass is 16.3. The molecule has 0 atom stereocenters. The maximum atomic E-state index is 13.4. The third-order valence-electron chi connectivity index (χ3n) is 6.42. The van der Waals surface area contributed by atoms with E-state index in [4.69, 9.17) is 9.40 Å². The number of oxazole rings is 1. The zero-order valence-electron chi connectivity index (χ0n) is 19.8. The van der Waals surface area contributed by atoms with Gasteiger partial charge in [0.05, 0.1) is 5.69 Å². The first-order valence-electron chi connectivity index (χ1n) is 11.6. The van der Waals surface area contributed by atoms with Gasteiger partial charge in [-0.25, -0.2) is 0 Å². The number of para-hydroxylation sites is 1. The molecule has 0 unspecified atom stereocenters. The van der Waals surface area contributed by atoms with Crippen molar-refractivity contribution in [3.63, 3.8) is 0 Å². The number of fused-ring (bicyclic) bond motifs is 2. The Kier molecular flexibility index (Phi) is 5.14. The number of hydrogen-bond donors (Lipinski definition) is 0. The molecule has 2 aromatic heterocycles. The highest BCUT2D eigenvalue weighted by Crippen LogP contribution is 2.40. The predicted molar refractivity (Wildman–Crippen MR) is 140 cm³/mol. The molecule has 6 nitrogen and oxygen atoms in total. The lowest BCUT2D eigenvalue weighted by Gasteiger charge is -2.08. The van der Waals surface area contributed by atoms with E-state index in [0.717, 1.165) is 16.8 Å². The molecule has 0 radical (unpaired) electrons. The summed E-state index contributed by atoms with van der Waals surface area (Å²) in [5, 5.41) is 19.3. The van der Waals surface area contributed by atoms with Gasteiger partial charge < -0.3 is 4.42 Å². The SMILES string of the molecule is Cc1ccc(-c2nc3c(cc(/C=C4\C(=O)c5ccccc5C4=C(C#N)C#N)n3-c3ccccc3)o2)cc1. The number of carbonyl (C=O) groups excluding carboxylic acids is 1. The maximum absolute atomic E-state index is 13.4. The second-order valence-electron chi connectivity index (χ2n) is 8.72. The molecule has 174 valence electrons. The van der Waals surface area contributed by atoms with Gasteiger partial charge in [0.1, 0.15) is 17.7 Å². The molecule has 0 spiro atoms. The monoisotopic (exact) mass is 478 g/mol. The fourth-order valence-electron chi connectivity index (χ4n) is 4.67. The van der Waals surface area contributed by atoms with E-state index < -0.39 is 0 Å². The van der Waals surface area contributed by atoms with Gasteiger partial charge in [-0.3, -0.25) is 9.36 Å². The Hall–Kier alpha value is -5.46. The molecule has 37 heavy (non-hydrogen) atoms. The summed E-state index contributed by atoms with van der Waals surface area (Å²) in [7, 11) is 0. The number of aromatic nitrogens is 2. The lowest BCUT2D eigenvalue weighted by atomic mass is 9.99. The summed E-state index contributed by atoms with van der Waals surface area (Å²) in [6.45, 7) is 2.02. The van der Waals surface area contributed by atoms with Gasteiger partial charge in [0.2, 0.25) is 5.89 Å². The molecule has 0 saturated carbocycles. The molecule has 0 aliphatic heterocycles. The summed E-state index contributed by atoms with van der Waals surface area (Å²) in [6.07, 6.45) is 1.71. The summed E-state index contributed by atoms with van der Waals surface area (Å²) in [5.74, 6) is 0.259. The van der Waals surface area contributed by atoms with Crippen molar-refractivity contribution in [1.29, 1.82) is 10.5 Å². The second kappa shape index (κ2) is 8.64. The van der Waals surface area contributed by atoms with Crippen LogP contribution in [-0.4, -0.2) is 15.3 Å². The number of ketones is 1. The van der Waals surface area contributed by atoms with Gasteiger partial charge in [-0.05, 0) is 42.8 Å². The van der Waals surface area contributed by atoms with Crippen molar-refractivity contribution in [1.82, 2.24) is 9.55 Å². The number of allylic oxidation sites excluding steroid dienone is 3. The fourth-order valence-corrected chi connectivity index (χ4v) is 4.67. The average Bonchev–Trinajstić information content (AvgIpc) is 3.56. The van der Waals surface area contributed by atoms with Crippen molar-refractivity contribution in [3.05, 3.63) is 118 Å². The number of rotatable bonds is 3. The topological polar surface area (TPSA) is 95.6 Å². The lowest BCUT2D eigenvalue weighted by molar-refractivity contribution is 0.104. The van der Waals surface area contributed by atoms with Crippen LogP contribution in [-0.2, 0) is 0 Å². The number of hydrogen-bond acceptors (Lipinski definition) is 5. The Labute approximate surface area is 212 Å². The summed E-state index contributed by atoms with van der Waals surface area (Å²) >= 11 is 0. The molecule has 0 saturated heterocycles. The van der Waals surface area contributed by atoms with Crippen molar-refractivity contribution >= 4 is 28.7 Å². The van der Waals surface area contributed by atoms with Crippen LogP contribution in [0.2, 0.25) is 0 Å². The highest BCUT2D eigenvalue weighted by Gasteiger charge is 2.32. The Morgan fingerprint density at radius 2 is 1.59 bits per heavy atom. The van der Waals surface area contributed by atoms with E-state index in [1.165, 1.54) is 0 Å². The molecule has 1 aliphatic carbocycles. The number of benzene rings is 3. The first kappa shape index (κ1) is 22.0. The molecule has 0 fully saturated rings. The molecule has 1 aliphatic rings. The standard InChI is InChI=1S/C31H18N4O2/c1-19-11-13-20(14-12-19)31-34-30-27(37-31)16-23(35(30)22-7-3-2-4-8-22)15-26-28(21(17-32)18-33)24-9-5-6-10-25(24)29(26)36/h2-16H,1H3/b26-15-. The Balaban J connectivity index is 1.59. The maximum Gasteiger partial charge on any atom is 0.228 e. The molecule has 2 heterocycles. The van der Waals surface area contributed by atoms with Crippen LogP contribution in [0.15, 0.2) is 100 Å². The van der Waals surface area contributed by atoms with E-state index in [9.17, 15) is 15.3 Å². The Morgan fingerprint density at radius 1 is 0.919 bits per heavy atom. The summed E-state index contributed by atoms with van der Waals surface area (Å²) < 4.78 is 8.06. The van der Waals surface area contributed by atoms with Crippen LogP contribution in [0.1, 0.15) is 27.2 Å². The molecule has 5 aromatic rings. The molecule has 0 bridgehead atoms. The minimum absolute atomic E-state index is 0.106. The van der Waals surface area contributed by atoms with Crippen LogP contribution in [0.4, 0.5) is 0 Å². The molecule has 3 aromatic carbocycles. The van der Waals surface area contributed by atoms with Gasteiger partial charge in [0.15, 0.2) is 17.0 Å². The van der Waals surface area contributed by atoms with E-state index >= 15 is 0 Å². The smallest absolute Gasteiger partial charge is 0.228 e. The fraction of sp³-hybridized carbons (Fsp3) is 0.0323. The third-order valence-corrected chi connectivity index (χ3v) is 6.42. The van der Waals surface area contributed by atoms with Crippen LogP contribution < -0.4 is 0 Å². The van der Waals surface area contributed by atoms with Gasteiger partial charge in [0, 0.05) is 34.0 Å². The van der Waals surface area contributed by atoms with Gasteiger partial charge in [-0.15, -0.1) is 0 Å². The van der Waals surface area contributed by atoms with E-state index in [2.05, 4.69) is 0 Å². The van der Waals surface area contributed by atoms with Crippen LogP contribution in [0, 0.1) is 29.6 Å². The van der Waals surface area contributed by atoms with E-state index in [0.29, 0.717) is 39.5 Å². The van der Waals surface area contributed by atoms with Crippen molar-refractivity contribution in [3.8, 4) is 29.3 Å². The van der Waals surface area contributed by atoms with Crippen molar-refractivity contribution in [2.24, 2.45) is 0 Å². The van der Waals surface area contributed by atoms with Crippen LogP contribution in [0.3, 0.4) is 0 Å². The van der Waals surface area contributed by atoms with Crippen molar-refractivity contribution in [2.75, 3.05) is 0 Å². The van der Waals surface area contributed by atoms with Crippen molar-refractivity contribution in [2.45, 2.75) is 6.92 Å². The minimum atomic E-state index is -0.237. The molecular formula is C31H18N4O2. The van der Waals surface area contributed by atoms with Crippen LogP contribution in [0.25, 0.3) is 40.0 Å². The largest absolute Gasteiger partial charge is 0.434 e. The van der Waals surface area contributed by atoms with Gasteiger partial charge in [-0.2, -0.15) is 15.5 Å². The lowest BCUT2D eigenvalue weighted by Crippen LogP contribution is -2.00. The van der Waals surface area contributed by atoms with Crippen molar-refractivity contribution < 1.29 is 9.21 Å². The molecule has 6 heteroatoms. The second-order valence-corrected chi connectivity index (χ2v) is 8.72. The zero-order valence-corrected chi connectivity index (χ0v) is 19.8. The van der Waals surface area contributed by atoms with Crippen LogP contribution >= 0.6 is 0 Å². The summed E-state index contributed by atoms with van der Waals surface area (Å²) in [6, 6.07) is 30.4. The molecule has 0 amide bonds. The van der Waals surface area contributed by atoms with Gasteiger partial charge in [0.25, 0.3) is 0 Å². The summed E-state index contributed by atoms with van der Waals surface area (Å²) in [5.41, 5.74) is 6.21. The predicted octanol–water partition coefficient (Wildman–Crippen LogP) is 6.67. The minimum Gasteiger partial charge on any atom is -0.434 e. The first-order chi connectivity index (χ1) is 18.1. The first-order valence-corrected chi connectivity index (χ1v) is 11.6. The number of nitriles is 2. The Morgan fingerprint density at radius 3 is 2.30 bits per heavy atom. The Bertz CT molecular complexity index is 1840. The highest BCUT2D eigenvalue weighted by molar-refractivity contribution is 6.29. The molecule has 0 N–H and O–H groups in total. The number of Topliss-reactive ketones (excluding diaryl/α,β-unsaturated/α-hetero) is 1. The van der Waals surface area contributed by atoms with Gasteiger partial charge >= 0.3 is 0 Å². The van der Waals surface area contributed by atoms with Crippen LogP contribution in [0.5, 0.6) is 0 Å². The number of carbonyl (C=O) groups is 1. The van der Waals surface area contributed by atoms with E-state index in [1.807, 2.05) is 84.3 Å². The average molecular weight is 479 g/mol. The van der Waals surface area contributed by atoms with E-state index in [1.54, 1.807) is 30.3 Å². The summed E-state index contributed by atoms with van der Waals surface area (Å²) in [4.78, 5) is 18.2. The van der Waals surface area contributed by atoms with Gasteiger partial charge in [-0.1, -0.05) is 60.2 Å².